The number of alkyl halides is 6. The summed E-state index contributed by atoms with van der Waals surface area (Å²) in [6, 6.07) is 5.09. The van der Waals surface area contributed by atoms with Crippen LogP contribution in [0.4, 0.5) is 49.5 Å². The molecule has 204 valence electrons. The number of oxazole rings is 1. The molecule has 39 heavy (non-hydrogen) atoms. The average molecular weight is 558 g/mol. The van der Waals surface area contributed by atoms with Crippen molar-refractivity contribution in [3.05, 3.63) is 59.0 Å². The molecule has 0 aliphatic carbocycles. The van der Waals surface area contributed by atoms with Gasteiger partial charge in [0.1, 0.15) is 5.82 Å². The first-order valence-electron chi connectivity index (χ1n) is 10.3. The second kappa shape index (κ2) is 9.95. The van der Waals surface area contributed by atoms with E-state index in [1.54, 1.807) is 12.1 Å². The van der Waals surface area contributed by atoms with Crippen molar-refractivity contribution in [3.63, 3.8) is 0 Å². The second-order valence-electron chi connectivity index (χ2n) is 7.43. The lowest BCUT2D eigenvalue weighted by Gasteiger charge is -2.16. The van der Waals surface area contributed by atoms with Crippen molar-refractivity contribution < 1.29 is 49.9 Å². The number of pyridine rings is 1. The van der Waals surface area contributed by atoms with Gasteiger partial charge in [0.05, 0.1) is 5.69 Å². The molecule has 0 amide bonds. The van der Waals surface area contributed by atoms with E-state index in [9.17, 15) is 40.7 Å². The van der Waals surface area contributed by atoms with Gasteiger partial charge in [0, 0.05) is 29.8 Å². The number of fused-ring (bicyclic) bond motifs is 1. The first-order chi connectivity index (χ1) is 18.2. The predicted octanol–water partition coefficient (Wildman–Crippen LogP) is 3.56. The molecule has 0 saturated carbocycles. The molecular weight excluding hydrogens is 546 g/mol. The number of benzene rings is 1. The molecule has 4 rings (SSSR count). The summed E-state index contributed by atoms with van der Waals surface area (Å²) in [4.78, 5) is 51.2. The van der Waals surface area contributed by atoms with Gasteiger partial charge in [0.2, 0.25) is 5.95 Å². The highest BCUT2D eigenvalue weighted by atomic mass is 19.4. The third kappa shape index (κ3) is 5.89. The van der Waals surface area contributed by atoms with E-state index in [0.717, 1.165) is 12.1 Å². The number of rotatable bonds is 6. The predicted molar refractivity (Wildman–Crippen MR) is 117 cm³/mol. The quantitative estimate of drug-likeness (QED) is 0.203. The Labute approximate surface area is 211 Å². The minimum Gasteiger partial charge on any atom is -0.415 e. The first-order valence-corrected chi connectivity index (χ1v) is 10.3. The number of nitrogens with one attached hydrogen (secondary N) is 2. The van der Waals surface area contributed by atoms with Crippen molar-refractivity contribution in [1.29, 1.82) is 0 Å². The molecular formula is C21H12F6N6O6. The zero-order chi connectivity index (χ0) is 28.5. The normalized spacial score (nSPS) is 11.8. The van der Waals surface area contributed by atoms with Crippen LogP contribution in [-0.4, -0.2) is 44.0 Å². The third-order valence-corrected chi connectivity index (χ3v) is 4.65. The maximum Gasteiger partial charge on any atom is 0.493 e. The number of anilines is 4. The number of halogens is 6. The van der Waals surface area contributed by atoms with E-state index < -0.39 is 57.3 Å². The highest BCUT2D eigenvalue weighted by Crippen LogP contribution is 2.37. The van der Waals surface area contributed by atoms with Gasteiger partial charge in [-0.1, -0.05) is 4.73 Å². The number of hydrogen-bond donors (Lipinski definition) is 2. The minimum absolute atomic E-state index is 0.00328. The zero-order valence-electron chi connectivity index (χ0n) is 19.0. The third-order valence-electron chi connectivity index (χ3n) is 4.65. The maximum absolute atomic E-state index is 13.0. The van der Waals surface area contributed by atoms with Gasteiger partial charge in [-0.2, -0.15) is 31.3 Å². The summed E-state index contributed by atoms with van der Waals surface area (Å²) in [7, 11) is 0. The Bertz CT molecular complexity index is 1620. The Morgan fingerprint density at radius 3 is 2.28 bits per heavy atom. The fraction of sp³-hybridized carbons (Fsp3) is 0.143. The van der Waals surface area contributed by atoms with E-state index in [1.165, 1.54) is 25.5 Å². The number of carbonyl (C=O) groups is 2. The van der Waals surface area contributed by atoms with Crippen molar-refractivity contribution in [1.82, 2.24) is 19.7 Å². The van der Waals surface area contributed by atoms with Crippen molar-refractivity contribution >= 4 is 46.2 Å². The summed E-state index contributed by atoms with van der Waals surface area (Å²) in [5.74, 6) is -8.65. The number of nitrogens with zero attached hydrogens (tertiary/aromatic N) is 4. The van der Waals surface area contributed by atoms with E-state index in [-0.39, 0.29) is 11.8 Å². The van der Waals surface area contributed by atoms with Gasteiger partial charge in [0.15, 0.2) is 16.8 Å². The van der Waals surface area contributed by atoms with Crippen LogP contribution in [0.5, 0.6) is 5.75 Å². The van der Waals surface area contributed by atoms with E-state index in [1.807, 2.05) is 0 Å². The van der Waals surface area contributed by atoms with Crippen molar-refractivity contribution in [3.8, 4) is 5.75 Å². The van der Waals surface area contributed by atoms with Crippen LogP contribution in [0.3, 0.4) is 0 Å². The number of aryl methyl sites for hydroxylation is 1. The molecule has 4 aromatic rings. The topological polar surface area (TPSA) is 150 Å². The lowest BCUT2D eigenvalue weighted by molar-refractivity contribution is -0.200. The lowest BCUT2D eigenvalue weighted by atomic mass is 10.2. The largest absolute Gasteiger partial charge is 0.493 e. The molecule has 12 nitrogen and oxygen atoms in total. The molecule has 0 bridgehead atoms. The molecule has 0 saturated heterocycles. The SMILES string of the molecule is Cc1cnc(Nc2ccncc2)nc1Nc1ccc2oc(=O)n(OC(=O)C(F)(F)F)c2c1OC(=O)C(F)(F)F. The van der Waals surface area contributed by atoms with Crippen molar-refractivity contribution in [2.24, 2.45) is 0 Å². The number of esters is 1. The molecule has 1 aromatic carbocycles. The van der Waals surface area contributed by atoms with E-state index in [4.69, 9.17) is 0 Å². The molecule has 3 heterocycles. The molecule has 0 atom stereocenters. The van der Waals surface area contributed by atoms with Crippen molar-refractivity contribution in [2.45, 2.75) is 19.3 Å². The highest BCUT2D eigenvalue weighted by molar-refractivity contribution is 5.92. The summed E-state index contributed by atoms with van der Waals surface area (Å²) in [6.45, 7) is 1.50. The fourth-order valence-electron chi connectivity index (χ4n) is 2.95. The van der Waals surface area contributed by atoms with Gasteiger partial charge in [-0.25, -0.2) is 19.4 Å². The second-order valence-corrected chi connectivity index (χ2v) is 7.43. The van der Waals surface area contributed by atoms with E-state index in [0.29, 0.717) is 11.3 Å². The van der Waals surface area contributed by atoms with Crippen molar-refractivity contribution in [2.75, 3.05) is 10.6 Å². The molecule has 0 fully saturated rings. The number of carbonyl (C=O) groups excluding carboxylic acids is 2. The summed E-state index contributed by atoms with van der Waals surface area (Å²) < 4.78 is 86.0. The molecule has 0 spiro atoms. The number of aromatic nitrogens is 4. The van der Waals surface area contributed by atoms with Gasteiger partial charge >= 0.3 is 30.0 Å². The van der Waals surface area contributed by atoms with E-state index >= 15 is 0 Å². The van der Waals surface area contributed by atoms with Gasteiger partial charge in [-0.05, 0) is 31.2 Å². The van der Waals surface area contributed by atoms with Crippen LogP contribution in [0.15, 0.2) is 52.1 Å². The molecule has 2 N–H and O–H groups in total. The smallest absolute Gasteiger partial charge is 0.415 e. The maximum atomic E-state index is 13.0. The lowest BCUT2D eigenvalue weighted by Crippen LogP contribution is -2.37. The summed E-state index contributed by atoms with van der Waals surface area (Å²) in [5, 5.41) is 5.41. The van der Waals surface area contributed by atoms with Gasteiger partial charge in [-0.3, -0.25) is 4.98 Å². The molecule has 0 unspecified atom stereocenters. The van der Waals surface area contributed by atoms with Crippen LogP contribution >= 0.6 is 0 Å². The monoisotopic (exact) mass is 558 g/mol. The van der Waals surface area contributed by atoms with Gasteiger partial charge in [0.25, 0.3) is 0 Å². The van der Waals surface area contributed by atoms with Gasteiger partial charge in [-0.15, -0.1) is 0 Å². The first kappa shape index (κ1) is 26.9. The highest BCUT2D eigenvalue weighted by Gasteiger charge is 2.44. The van der Waals surface area contributed by atoms with Gasteiger partial charge < -0.3 is 24.6 Å². The zero-order valence-corrected chi connectivity index (χ0v) is 19.0. The fourth-order valence-corrected chi connectivity index (χ4v) is 2.95. The van der Waals surface area contributed by atoms with Crippen LogP contribution in [-0.2, 0) is 9.59 Å². The van der Waals surface area contributed by atoms with Crippen LogP contribution in [0.1, 0.15) is 5.56 Å². The molecule has 18 heteroatoms. The Morgan fingerprint density at radius 1 is 0.974 bits per heavy atom. The Morgan fingerprint density at radius 2 is 1.64 bits per heavy atom. The Kier molecular flexibility index (Phi) is 6.86. The summed E-state index contributed by atoms with van der Waals surface area (Å²) in [6.07, 6.45) is -6.90. The average Bonchev–Trinajstić information content (AvgIpc) is 3.17. The summed E-state index contributed by atoms with van der Waals surface area (Å²) in [5.41, 5.74) is -1.37. The van der Waals surface area contributed by atoms with E-state index in [2.05, 4.69) is 39.6 Å². The number of hydrogen-bond acceptors (Lipinski definition) is 11. The van der Waals surface area contributed by atoms with Crippen LogP contribution in [0, 0.1) is 6.92 Å². The molecule has 3 aromatic heterocycles. The Balaban J connectivity index is 1.83. The molecule has 0 aliphatic heterocycles. The van der Waals surface area contributed by atoms with Crippen LogP contribution in [0.25, 0.3) is 11.1 Å². The number of ether oxygens (including phenoxy) is 1. The molecule has 0 aliphatic rings. The molecule has 0 radical (unpaired) electrons. The van der Waals surface area contributed by atoms with Crippen LogP contribution in [0.2, 0.25) is 0 Å². The standard InChI is InChI=1S/C21H12F6N6O6/c1-9-8-29-18(30-10-4-6-28-7-5-10)32-15(9)31-11-2-3-12-13(14(11)38-16(34)20(22,23)24)33(19(36)37-12)39-17(35)21(25,26)27/h2-8H,1H3,(H2,28,29,30,31,32). The minimum atomic E-state index is -5.60. The van der Waals surface area contributed by atoms with Crippen LogP contribution < -0.4 is 26.0 Å². The summed E-state index contributed by atoms with van der Waals surface area (Å²) >= 11 is 0. The Hall–Kier alpha value is -5.16.